The summed E-state index contributed by atoms with van der Waals surface area (Å²) in [4.78, 5) is 16.1. The highest BCUT2D eigenvalue weighted by atomic mass is 32.2. The van der Waals surface area contributed by atoms with E-state index in [0.29, 0.717) is 59.3 Å². The van der Waals surface area contributed by atoms with Crippen molar-refractivity contribution >= 4 is 16.2 Å². The first kappa shape index (κ1) is 29.0. The third-order valence-electron chi connectivity index (χ3n) is 4.22. The second-order valence-electron chi connectivity index (χ2n) is 8.28. The van der Waals surface area contributed by atoms with Crippen molar-refractivity contribution in [3.8, 4) is 0 Å². The van der Waals surface area contributed by atoms with Crippen molar-refractivity contribution in [3.05, 3.63) is 0 Å². The molecule has 1 fully saturated rings. The number of hydrogen-bond acceptors (Lipinski definition) is 10. The van der Waals surface area contributed by atoms with Crippen LogP contribution in [-0.2, 0) is 38.0 Å². The van der Waals surface area contributed by atoms with Crippen molar-refractivity contribution in [1.82, 2.24) is 9.80 Å². The van der Waals surface area contributed by atoms with Gasteiger partial charge in [-0.25, -0.2) is 4.79 Å². The summed E-state index contributed by atoms with van der Waals surface area (Å²) in [5.41, 5.74) is -0.469. The van der Waals surface area contributed by atoms with Crippen LogP contribution in [0.2, 0.25) is 0 Å². The molecule has 1 aliphatic heterocycles. The molecule has 0 aromatic carbocycles. The van der Waals surface area contributed by atoms with E-state index in [9.17, 15) is 13.2 Å². The first-order valence-electron chi connectivity index (χ1n) is 10.9. The Kier molecular flexibility index (Phi) is 14.3. The number of carbonyl (C=O) groups excluding carboxylic acids is 1. The number of nitrogens with zero attached hydrogens (tertiary/aromatic N) is 2. The minimum Gasteiger partial charge on any atom is -0.444 e. The summed E-state index contributed by atoms with van der Waals surface area (Å²) in [5.74, 6) is 0. The molecule has 1 heterocycles. The van der Waals surface area contributed by atoms with Crippen molar-refractivity contribution < 1.29 is 41.1 Å². The van der Waals surface area contributed by atoms with Crippen LogP contribution < -0.4 is 0 Å². The van der Waals surface area contributed by atoms with Crippen LogP contribution in [0.3, 0.4) is 0 Å². The lowest BCUT2D eigenvalue weighted by molar-refractivity contribution is -0.00868. The molecule has 0 aromatic heterocycles. The summed E-state index contributed by atoms with van der Waals surface area (Å²) in [6.07, 6.45) is 0.750. The Morgan fingerprint density at radius 1 is 0.750 bits per heavy atom. The highest BCUT2D eigenvalue weighted by Gasteiger charge is 2.25. The molecule has 0 atom stereocenters. The Morgan fingerprint density at radius 2 is 1.19 bits per heavy atom. The summed E-state index contributed by atoms with van der Waals surface area (Å²) in [7, 11) is -3.41. The lowest BCUT2D eigenvalue weighted by atomic mass is 10.2. The molecule has 0 spiro atoms. The molecule has 12 heteroatoms. The molecule has 1 amide bonds. The highest BCUT2D eigenvalue weighted by Crippen LogP contribution is 2.11. The van der Waals surface area contributed by atoms with Crippen LogP contribution in [0.1, 0.15) is 20.8 Å². The largest absolute Gasteiger partial charge is 0.444 e. The Hall–Kier alpha value is -1.02. The zero-order valence-corrected chi connectivity index (χ0v) is 20.7. The second-order valence-corrected chi connectivity index (χ2v) is 9.93. The SMILES string of the molecule is CC(C)(C)OC(=O)N1CCN(CCOCCOCCOCCOCCOS(C)(=O)=O)CC1. The van der Waals surface area contributed by atoms with E-state index in [4.69, 9.17) is 23.7 Å². The van der Waals surface area contributed by atoms with E-state index >= 15 is 0 Å². The number of piperazine rings is 1. The van der Waals surface area contributed by atoms with Crippen molar-refractivity contribution in [1.29, 1.82) is 0 Å². The lowest BCUT2D eigenvalue weighted by Crippen LogP contribution is -2.50. The van der Waals surface area contributed by atoms with Crippen molar-refractivity contribution in [2.45, 2.75) is 26.4 Å². The Bertz CT molecular complexity index is 603. The monoisotopic (exact) mass is 484 g/mol. The zero-order chi connectivity index (χ0) is 23.9. The number of carbonyl (C=O) groups is 1. The van der Waals surface area contributed by atoms with Crippen LogP contribution >= 0.6 is 0 Å². The molecule has 0 aliphatic carbocycles. The summed E-state index contributed by atoms with van der Waals surface area (Å²) >= 11 is 0. The predicted octanol–water partition coefficient (Wildman–Crippen LogP) is 0.582. The van der Waals surface area contributed by atoms with Gasteiger partial charge in [0.2, 0.25) is 0 Å². The molecular weight excluding hydrogens is 444 g/mol. The standard InChI is InChI=1S/C20H40N2O9S/c1-20(2,3)31-19(23)22-7-5-21(6-8-22)9-10-26-11-12-27-13-14-28-15-16-29-17-18-30-32(4,24)25/h5-18H2,1-4H3. The quantitative estimate of drug-likeness (QED) is 0.228. The maximum absolute atomic E-state index is 12.1. The van der Waals surface area contributed by atoms with Crippen LogP contribution in [-0.4, -0.2) is 128 Å². The molecule has 190 valence electrons. The van der Waals surface area contributed by atoms with Gasteiger partial charge in [0.25, 0.3) is 10.1 Å². The van der Waals surface area contributed by atoms with E-state index in [1.807, 2.05) is 20.8 Å². The molecular formula is C20H40N2O9S. The second kappa shape index (κ2) is 15.8. The fraction of sp³-hybridized carbons (Fsp3) is 0.950. The molecule has 0 aromatic rings. The maximum Gasteiger partial charge on any atom is 0.410 e. The Balaban J connectivity index is 1.85. The van der Waals surface area contributed by atoms with E-state index in [0.717, 1.165) is 25.9 Å². The van der Waals surface area contributed by atoms with Crippen LogP contribution in [0, 0.1) is 0 Å². The van der Waals surface area contributed by atoms with Gasteiger partial charge in [0.15, 0.2) is 0 Å². The molecule has 32 heavy (non-hydrogen) atoms. The summed E-state index contributed by atoms with van der Waals surface area (Å²) in [6.45, 7) is 12.9. The fourth-order valence-corrected chi connectivity index (χ4v) is 3.05. The van der Waals surface area contributed by atoms with Crippen molar-refractivity contribution in [2.75, 3.05) is 98.4 Å². The summed E-state index contributed by atoms with van der Waals surface area (Å²) in [6, 6.07) is 0. The van der Waals surface area contributed by atoms with Gasteiger partial charge in [-0.15, -0.1) is 0 Å². The molecule has 1 aliphatic rings. The van der Waals surface area contributed by atoms with Gasteiger partial charge in [0, 0.05) is 32.7 Å². The average molecular weight is 485 g/mol. The summed E-state index contributed by atoms with van der Waals surface area (Å²) < 4.78 is 53.0. The molecule has 1 rings (SSSR count). The third kappa shape index (κ3) is 16.6. The smallest absolute Gasteiger partial charge is 0.410 e. The maximum atomic E-state index is 12.1. The van der Waals surface area contributed by atoms with Gasteiger partial charge in [-0.3, -0.25) is 9.08 Å². The first-order chi connectivity index (χ1) is 15.1. The van der Waals surface area contributed by atoms with Gasteiger partial charge >= 0.3 is 6.09 Å². The predicted molar refractivity (Wildman–Crippen MR) is 118 cm³/mol. The highest BCUT2D eigenvalue weighted by molar-refractivity contribution is 7.85. The minimum absolute atomic E-state index is 0.00420. The van der Waals surface area contributed by atoms with Gasteiger partial charge in [-0.1, -0.05) is 0 Å². The van der Waals surface area contributed by atoms with Gasteiger partial charge in [-0.2, -0.15) is 8.42 Å². The van der Waals surface area contributed by atoms with Gasteiger partial charge in [0.05, 0.1) is 65.7 Å². The van der Waals surface area contributed by atoms with Crippen LogP contribution in [0.25, 0.3) is 0 Å². The number of ether oxygens (including phenoxy) is 5. The topological polar surface area (TPSA) is 113 Å². The fourth-order valence-electron chi connectivity index (χ4n) is 2.68. The molecule has 0 bridgehead atoms. The van der Waals surface area contributed by atoms with E-state index in [1.54, 1.807) is 4.90 Å². The number of amides is 1. The molecule has 0 radical (unpaired) electrons. The van der Waals surface area contributed by atoms with Crippen molar-refractivity contribution in [3.63, 3.8) is 0 Å². The van der Waals surface area contributed by atoms with Crippen LogP contribution in [0.15, 0.2) is 0 Å². The van der Waals surface area contributed by atoms with E-state index in [2.05, 4.69) is 9.08 Å². The third-order valence-corrected chi connectivity index (χ3v) is 4.81. The molecule has 11 nitrogen and oxygen atoms in total. The Labute approximate surface area is 192 Å². The molecule has 0 unspecified atom stereocenters. The van der Waals surface area contributed by atoms with Crippen molar-refractivity contribution in [2.24, 2.45) is 0 Å². The molecule has 0 saturated carbocycles. The lowest BCUT2D eigenvalue weighted by Gasteiger charge is -2.35. The summed E-state index contributed by atoms with van der Waals surface area (Å²) in [5, 5.41) is 0. The van der Waals surface area contributed by atoms with Crippen LogP contribution in [0.5, 0.6) is 0 Å². The first-order valence-corrected chi connectivity index (χ1v) is 12.7. The van der Waals surface area contributed by atoms with E-state index in [1.165, 1.54) is 0 Å². The van der Waals surface area contributed by atoms with E-state index in [-0.39, 0.29) is 19.3 Å². The molecule has 0 N–H and O–H groups in total. The van der Waals surface area contributed by atoms with Crippen LogP contribution in [0.4, 0.5) is 4.79 Å². The van der Waals surface area contributed by atoms with E-state index < -0.39 is 15.7 Å². The van der Waals surface area contributed by atoms with Gasteiger partial charge in [-0.05, 0) is 20.8 Å². The zero-order valence-electron chi connectivity index (χ0n) is 19.9. The number of rotatable bonds is 16. The van der Waals surface area contributed by atoms with Gasteiger partial charge < -0.3 is 28.6 Å². The normalized spacial score (nSPS) is 15.8. The van der Waals surface area contributed by atoms with Gasteiger partial charge in [0.1, 0.15) is 5.60 Å². The number of hydrogen-bond donors (Lipinski definition) is 0. The average Bonchev–Trinajstić information content (AvgIpc) is 2.69. The minimum atomic E-state index is -3.41. The molecule has 1 saturated heterocycles. The Morgan fingerprint density at radius 3 is 1.62 bits per heavy atom.